The van der Waals surface area contributed by atoms with E-state index in [9.17, 15) is 4.39 Å². The van der Waals surface area contributed by atoms with Gasteiger partial charge in [0, 0.05) is 26.8 Å². The lowest BCUT2D eigenvalue weighted by atomic mass is 10.3. The van der Waals surface area contributed by atoms with Crippen LogP contribution in [0.5, 0.6) is 5.75 Å². The molecular formula is C19H32FN3O3. The van der Waals surface area contributed by atoms with Gasteiger partial charge < -0.3 is 24.8 Å². The van der Waals surface area contributed by atoms with Gasteiger partial charge >= 0.3 is 0 Å². The van der Waals surface area contributed by atoms with E-state index in [2.05, 4.69) is 15.6 Å². The molecule has 0 aliphatic carbocycles. The average Bonchev–Trinajstić information content (AvgIpc) is 2.63. The Labute approximate surface area is 156 Å². The predicted molar refractivity (Wildman–Crippen MR) is 102 cm³/mol. The van der Waals surface area contributed by atoms with Crippen LogP contribution in [0.1, 0.15) is 26.7 Å². The second-order valence-corrected chi connectivity index (χ2v) is 5.84. The zero-order valence-electron chi connectivity index (χ0n) is 16.1. The molecule has 0 amide bonds. The summed E-state index contributed by atoms with van der Waals surface area (Å²) in [4.78, 5) is 4.53. The Hall–Kier alpha value is -1.86. The molecule has 1 rings (SSSR count). The van der Waals surface area contributed by atoms with Crippen LogP contribution in [-0.2, 0) is 9.47 Å². The maximum atomic E-state index is 12.9. The molecule has 0 heterocycles. The van der Waals surface area contributed by atoms with Gasteiger partial charge in [-0.25, -0.2) is 9.38 Å². The summed E-state index contributed by atoms with van der Waals surface area (Å²) in [7, 11) is 1.67. The molecule has 1 aromatic carbocycles. The van der Waals surface area contributed by atoms with Gasteiger partial charge in [-0.2, -0.15) is 0 Å². The van der Waals surface area contributed by atoms with E-state index in [1.807, 2.05) is 13.8 Å². The van der Waals surface area contributed by atoms with Crippen molar-refractivity contribution in [2.45, 2.75) is 32.8 Å². The lowest BCUT2D eigenvalue weighted by Crippen LogP contribution is -2.38. The zero-order valence-corrected chi connectivity index (χ0v) is 16.1. The van der Waals surface area contributed by atoms with Gasteiger partial charge in [0.2, 0.25) is 0 Å². The van der Waals surface area contributed by atoms with E-state index in [4.69, 9.17) is 14.2 Å². The molecule has 0 aromatic heterocycles. The van der Waals surface area contributed by atoms with Crippen molar-refractivity contribution in [3.63, 3.8) is 0 Å². The van der Waals surface area contributed by atoms with Gasteiger partial charge in [-0.15, -0.1) is 0 Å². The van der Waals surface area contributed by atoms with E-state index in [0.29, 0.717) is 25.5 Å². The number of ether oxygens (including phenoxy) is 3. The minimum atomic E-state index is -0.272. The normalized spacial score (nSPS) is 12.7. The van der Waals surface area contributed by atoms with Crippen molar-refractivity contribution in [2.24, 2.45) is 4.99 Å². The van der Waals surface area contributed by atoms with E-state index in [1.165, 1.54) is 12.1 Å². The summed E-state index contributed by atoms with van der Waals surface area (Å²) in [6, 6.07) is 6.01. The quantitative estimate of drug-likeness (QED) is 0.318. The van der Waals surface area contributed by atoms with E-state index in [0.717, 1.165) is 38.5 Å². The van der Waals surface area contributed by atoms with E-state index in [1.54, 1.807) is 19.2 Å². The predicted octanol–water partition coefficient (Wildman–Crippen LogP) is 2.59. The van der Waals surface area contributed by atoms with E-state index in [-0.39, 0.29) is 11.9 Å². The van der Waals surface area contributed by atoms with Crippen LogP contribution >= 0.6 is 0 Å². The van der Waals surface area contributed by atoms with Crippen LogP contribution in [0.25, 0.3) is 0 Å². The molecule has 7 heteroatoms. The number of hydrogen-bond acceptors (Lipinski definition) is 4. The van der Waals surface area contributed by atoms with Gasteiger partial charge in [-0.3, -0.25) is 0 Å². The highest BCUT2D eigenvalue weighted by Crippen LogP contribution is 2.12. The SMILES string of the molecule is CCNC(=NCC(C)Oc1ccc(F)cc1)NCCCCOCCOC. The van der Waals surface area contributed by atoms with Crippen LogP contribution < -0.4 is 15.4 Å². The first kappa shape index (κ1) is 22.2. The summed E-state index contributed by atoms with van der Waals surface area (Å²) in [6.45, 7) is 8.10. The zero-order chi connectivity index (χ0) is 19.0. The molecule has 0 fully saturated rings. The topological polar surface area (TPSA) is 64.1 Å². The Morgan fingerprint density at radius 2 is 1.88 bits per heavy atom. The third-order valence-electron chi connectivity index (χ3n) is 3.44. The first-order valence-corrected chi connectivity index (χ1v) is 9.16. The number of aliphatic imine (C=N–C) groups is 1. The maximum Gasteiger partial charge on any atom is 0.191 e. The molecule has 0 bridgehead atoms. The van der Waals surface area contributed by atoms with Crippen molar-refractivity contribution in [3.05, 3.63) is 30.1 Å². The number of methoxy groups -OCH3 is 1. The maximum absolute atomic E-state index is 12.9. The van der Waals surface area contributed by atoms with Crippen LogP contribution in [0, 0.1) is 5.82 Å². The van der Waals surface area contributed by atoms with Gasteiger partial charge in [0.15, 0.2) is 5.96 Å². The van der Waals surface area contributed by atoms with Crippen LogP contribution in [-0.4, -0.2) is 58.6 Å². The van der Waals surface area contributed by atoms with E-state index < -0.39 is 0 Å². The third kappa shape index (κ3) is 10.9. The molecule has 6 nitrogen and oxygen atoms in total. The van der Waals surface area contributed by atoms with Crippen molar-refractivity contribution in [1.82, 2.24) is 10.6 Å². The number of nitrogens with zero attached hydrogens (tertiary/aromatic N) is 1. The minimum Gasteiger partial charge on any atom is -0.489 e. The molecular weight excluding hydrogens is 337 g/mol. The van der Waals surface area contributed by atoms with Crippen molar-refractivity contribution in [1.29, 1.82) is 0 Å². The number of benzene rings is 1. The van der Waals surface area contributed by atoms with Crippen LogP contribution in [0.4, 0.5) is 4.39 Å². The number of guanidine groups is 1. The summed E-state index contributed by atoms with van der Waals surface area (Å²) < 4.78 is 29.0. The highest BCUT2D eigenvalue weighted by atomic mass is 19.1. The second-order valence-electron chi connectivity index (χ2n) is 5.84. The Kier molecular flexibility index (Phi) is 12.2. The molecule has 0 saturated heterocycles. The molecule has 0 radical (unpaired) electrons. The van der Waals surface area contributed by atoms with Crippen LogP contribution in [0.2, 0.25) is 0 Å². The van der Waals surface area contributed by atoms with Gasteiger partial charge in [0.1, 0.15) is 17.7 Å². The Balaban J connectivity index is 2.25. The molecule has 0 spiro atoms. The monoisotopic (exact) mass is 369 g/mol. The summed E-state index contributed by atoms with van der Waals surface area (Å²) in [6.07, 6.45) is 1.88. The number of halogens is 1. The molecule has 0 aliphatic heterocycles. The van der Waals surface area contributed by atoms with Gasteiger partial charge in [-0.1, -0.05) is 0 Å². The fraction of sp³-hybridized carbons (Fsp3) is 0.632. The van der Waals surface area contributed by atoms with Crippen LogP contribution in [0.15, 0.2) is 29.3 Å². The van der Waals surface area contributed by atoms with Crippen LogP contribution in [0.3, 0.4) is 0 Å². The Bertz CT molecular complexity index is 497. The number of rotatable bonds is 13. The van der Waals surface area contributed by atoms with Gasteiger partial charge in [0.05, 0.1) is 19.8 Å². The molecule has 0 aliphatic rings. The van der Waals surface area contributed by atoms with Crippen molar-refractivity contribution >= 4 is 5.96 Å². The second kappa shape index (κ2) is 14.3. The minimum absolute atomic E-state index is 0.106. The number of hydrogen-bond donors (Lipinski definition) is 2. The highest BCUT2D eigenvalue weighted by Gasteiger charge is 2.05. The lowest BCUT2D eigenvalue weighted by Gasteiger charge is -2.15. The lowest BCUT2D eigenvalue weighted by molar-refractivity contribution is 0.0689. The first-order valence-electron chi connectivity index (χ1n) is 9.16. The van der Waals surface area contributed by atoms with Crippen molar-refractivity contribution in [3.8, 4) is 5.75 Å². The molecule has 1 unspecified atom stereocenters. The molecule has 0 saturated carbocycles. The fourth-order valence-electron chi connectivity index (χ4n) is 2.12. The Morgan fingerprint density at radius 3 is 2.58 bits per heavy atom. The highest BCUT2D eigenvalue weighted by molar-refractivity contribution is 5.79. The summed E-state index contributed by atoms with van der Waals surface area (Å²) in [5.41, 5.74) is 0. The first-order chi connectivity index (χ1) is 12.7. The summed E-state index contributed by atoms with van der Waals surface area (Å²) >= 11 is 0. The third-order valence-corrected chi connectivity index (χ3v) is 3.44. The molecule has 1 atom stereocenters. The largest absolute Gasteiger partial charge is 0.489 e. The van der Waals surface area contributed by atoms with Gasteiger partial charge in [0.25, 0.3) is 0 Å². The Morgan fingerprint density at radius 1 is 1.12 bits per heavy atom. The molecule has 148 valence electrons. The summed E-state index contributed by atoms with van der Waals surface area (Å²) in [5, 5.41) is 6.52. The molecule has 2 N–H and O–H groups in total. The standard InChI is InChI=1S/C19H32FN3O3/c1-4-21-19(22-11-5-6-12-25-14-13-24-3)23-15-16(2)26-18-9-7-17(20)8-10-18/h7-10,16H,4-6,11-15H2,1-3H3,(H2,21,22,23). The fourth-order valence-corrected chi connectivity index (χ4v) is 2.12. The average molecular weight is 369 g/mol. The van der Waals surface area contributed by atoms with Crippen molar-refractivity contribution < 1.29 is 18.6 Å². The van der Waals surface area contributed by atoms with Crippen molar-refractivity contribution in [2.75, 3.05) is 46.6 Å². The molecule has 26 heavy (non-hydrogen) atoms. The number of nitrogens with one attached hydrogen (secondary N) is 2. The van der Waals surface area contributed by atoms with Gasteiger partial charge in [-0.05, 0) is 51.0 Å². The molecule has 1 aromatic rings. The van der Waals surface area contributed by atoms with E-state index >= 15 is 0 Å². The summed E-state index contributed by atoms with van der Waals surface area (Å²) in [5.74, 6) is 1.13. The number of unbranched alkanes of at least 4 members (excludes halogenated alkanes) is 1. The smallest absolute Gasteiger partial charge is 0.191 e.